The van der Waals surface area contributed by atoms with E-state index in [4.69, 9.17) is 6.42 Å². The zero-order chi connectivity index (χ0) is 14.5. The van der Waals surface area contributed by atoms with Crippen LogP contribution in [0.2, 0.25) is 0 Å². The van der Waals surface area contributed by atoms with Gasteiger partial charge in [0.05, 0.1) is 12.2 Å². The van der Waals surface area contributed by atoms with Crippen LogP contribution in [0.3, 0.4) is 0 Å². The topological polar surface area (TPSA) is 58.9 Å². The van der Waals surface area contributed by atoms with Crippen LogP contribution in [0.25, 0.3) is 5.69 Å². The van der Waals surface area contributed by atoms with E-state index >= 15 is 0 Å². The van der Waals surface area contributed by atoms with Gasteiger partial charge in [-0.05, 0) is 41.5 Å². The molecule has 0 saturated carbocycles. The molecule has 1 aliphatic rings. The van der Waals surface area contributed by atoms with Crippen LogP contribution in [0.1, 0.15) is 12.8 Å². The lowest BCUT2D eigenvalue weighted by Gasteiger charge is -2.31. The lowest BCUT2D eigenvalue weighted by molar-refractivity contribution is 0.243. The third-order valence-corrected chi connectivity index (χ3v) is 3.73. The van der Waals surface area contributed by atoms with Crippen molar-refractivity contribution in [1.29, 1.82) is 0 Å². The van der Waals surface area contributed by atoms with Crippen LogP contribution in [0.5, 0.6) is 0 Å². The summed E-state index contributed by atoms with van der Waals surface area (Å²) in [5, 5.41) is 14.8. The first-order valence-electron chi connectivity index (χ1n) is 7.11. The van der Waals surface area contributed by atoms with Crippen molar-refractivity contribution in [3.05, 3.63) is 30.6 Å². The highest BCUT2D eigenvalue weighted by Crippen LogP contribution is 2.18. The summed E-state index contributed by atoms with van der Waals surface area (Å²) in [6, 6.07) is 8.61. The number of anilines is 1. The summed E-state index contributed by atoms with van der Waals surface area (Å²) in [6.45, 7) is 2.85. The molecule has 0 aliphatic carbocycles. The van der Waals surface area contributed by atoms with E-state index in [0.717, 1.165) is 43.9 Å². The van der Waals surface area contributed by atoms with Gasteiger partial charge in [-0.25, -0.2) is 4.68 Å². The van der Waals surface area contributed by atoms with Crippen molar-refractivity contribution in [3.8, 4) is 18.0 Å². The standard InChI is InChI=1S/C15H18N6/c1-2-8-20-9-6-13(7-10-20)17-14-4-3-5-15(11-14)21-12-16-18-19-21/h1,3-5,11-13,17H,6-10H2. The van der Waals surface area contributed by atoms with Gasteiger partial charge < -0.3 is 5.32 Å². The van der Waals surface area contributed by atoms with Crippen molar-refractivity contribution in [1.82, 2.24) is 25.1 Å². The van der Waals surface area contributed by atoms with Crippen LogP contribution in [0.4, 0.5) is 5.69 Å². The molecule has 2 aromatic rings. The number of piperidine rings is 1. The molecular weight excluding hydrogens is 264 g/mol. The Morgan fingerprint density at radius 3 is 2.90 bits per heavy atom. The molecule has 3 rings (SSSR count). The molecule has 1 aromatic carbocycles. The highest BCUT2D eigenvalue weighted by molar-refractivity contribution is 5.51. The zero-order valence-electron chi connectivity index (χ0n) is 11.8. The van der Waals surface area contributed by atoms with E-state index in [0.29, 0.717) is 6.04 Å². The molecule has 0 radical (unpaired) electrons. The van der Waals surface area contributed by atoms with Crippen LogP contribution < -0.4 is 5.32 Å². The number of nitrogens with one attached hydrogen (secondary N) is 1. The molecule has 1 saturated heterocycles. The number of terminal acetylenes is 1. The summed E-state index contributed by atoms with van der Waals surface area (Å²) in [7, 11) is 0. The Labute approximate surface area is 124 Å². The minimum atomic E-state index is 0.489. The van der Waals surface area contributed by atoms with Crippen LogP contribution in [0, 0.1) is 12.3 Å². The van der Waals surface area contributed by atoms with E-state index in [1.807, 2.05) is 12.1 Å². The summed E-state index contributed by atoms with van der Waals surface area (Å²) in [5.41, 5.74) is 2.05. The quantitative estimate of drug-likeness (QED) is 0.853. The largest absolute Gasteiger partial charge is 0.382 e. The van der Waals surface area contributed by atoms with Gasteiger partial charge in [-0.3, -0.25) is 4.90 Å². The minimum Gasteiger partial charge on any atom is -0.382 e. The van der Waals surface area contributed by atoms with E-state index in [1.165, 1.54) is 0 Å². The molecule has 0 unspecified atom stereocenters. The minimum absolute atomic E-state index is 0.489. The highest BCUT2D eigenvalue weighted by atomic mass is 15.5. The first-order valence-corrected chi connectivity index (χ1v) is 7.11. The predicted octanol–water partition coefficient (Wildman–Crippen LogP) is 1.17. The molecule has 0 bridgehead atoms. The van der Waals surface area contributed by atoms with Crippen molar-refractivity contribution in [3.63, 3.8) is 0 Å². The van der Waals surface area contributed by atoms with E-state index in [2.05, 4.69) is 43.8 Å². The number of benzene rings is 1. The van der Waals surface area contributed by atoms with Gasteiger partial charge in [0.15, 0.2) is 0 Å². The van der Waals surface area contributed by atoms with Gasteiger partial charge in [0.25, 0.3) is 0 Å². The summed E-state index contributed by atoms with van der Waals surface area (Å²) in [6.07, 6.45) is 9.17. The first-order chi connectivity index (χ1) is 10.3. The summed E-state index contributed by atoms with van der Waals surface area (Å²) < 4.78 is 1.65. The van der Waals surface area contributed by atoms with E-state index < -0.39 is 0 Å². The SMILES string of the molecule is C#CCN1CCC(Nc2cccc(-n3cnnn3)c2)CC1. The molecule has 0 amide bonds. The molecule has 6 heteroatoms. The second kappa shape index (κ2) is 6.37. The van der Waals surface area contributed by atoms with E-state index in [9.17, 15) is 0 Å². The van der Waals surface area contributed by atoms with Crippen molar-refractivity contribution >= 4 is 5.69 Å². The molecule has 1 aromatic heterocycles. The highest BCUT2D eigenvalue weighted by Gasteiger charge is 2.18. The molecule has 2 heterocycles. The summed E-state index contributed by atoms with van der Waals surface area (Å²) in [4.78, 5) is 2.32. The zero-order valence-corrected chi connectivity index (χ0v) is 11.8. The van der Waals surface area contributed by atoms with E-state index in [1.54, 1.807) is 11.0 Å². The Hall–Kier alpha value is -2.39. The molecular formula is C15H18N6. The second-order valence-corrected chi connectivity index (χ2v) is 5.20. The van der Waals surface area contributed by atoms with Crippen molar-refractivity contribution < 1.29 is 0 Å². The molecule has 6 nitrogen and oxygen atoms in total. The maximum atomic E-state index is 5.35. The van der Waals surface area contributed by atoms with Crippen molar-refractivity contribution in [2.75, 3.05) is 25.0 Å². The number of tetrazole rings is 1. The molecule has 1 fully saturated rings. The fourth-order valence-electron chi connectivity index (χ4n) is 2.62. The fourth-order valence-corrected chi connectivity index (χ4v) is 2.62. The number of hydrogen-bond donors (Lipinski definition) is 1. The third-order valence-electron chi connectivity index (χ3n) is 3.73. The van der Waals surface area contributed by atoms with Gasteiger partial charge in [0.2, 0.25) is 0 Å². The van der Waals surface area contributed by atoms with Crippen molar-refractivity contribution in [2.45, 2.75) is 18.9 Å². The molecule has 1 N–H and O–H groups in total. The predicted molar refractivity (Wildman–Crippen MR) is 81.1 cm³/mol. The van der Waals surface area contributed by atoms with Gasteiger partial charge in [-0.1, -0.05) is 12.0 Å². The normalized spacial score (nSPS) is 16.5. The summed E-state index contributed by atoms with van der Waals surface area (Å²) in [5.74, 6) is 2.71. The number of nitrogens with zero attached hydrogens (tertiary/aromatic N) is 5. The van der Waals surface area contributed by atoms with Gasteiger partial charge >= 0.3 is 0 Å². The molecule has 0 atom stereocenters. The maximum absolute atomic E-state index is 5.35. The summed E-state index contributed by atoms with van der Waals surface area (Å²) >= 11 is 0. The van der Waals surface area contributed by atoms with Crippen LogP contribution in [-0.4, -0.2) is 50.8 Å². The lowest BCUT2D eigenvalue weighted by Crippen LogP contribution is -2.39. The second-order valence-electron chi connectivity index (χ2n) is 5.20. The average Bonchev–Trinajstić information content (AvgIpc) is 3.04. The van der Waals surface area contributed by atoms with Crippen LogP contribution >= 0.6 is 0 Å². The number of rotatable bonds is 4. The Balaban J connectivity index is 1.61. The Morgan fingerprint density at radius 1 is 1.33 bits per heavy atom. The van der Waals surface area contributed by atoms with Gasteiger partial charge in [0, 0.05) is 24.8 Å². The number of likely N-dealkylation sites (tertiary alicyclic amines) is 1. The number of hydrogen-bond acceptors (Lipinski definition) is 5. The fraction of sp³-hybridized carbons (Fsp3) is 0.400. The first kappa shape index (κ1) is 13.6. The maximum Gasteiger partial charge on any atom is 0.143 e. The van der Waals surface area contributed by atoms with Crippen molar-refractivity contribution in [2.24, 2.45) is 0 Å². The molecule has 21 heavy (non-hydrogen) atoms. The van der Waals surface area contributed by atoms with Crippen LogP contribution in [0.15, 0.2) is 30.6 Å². The van der Waals surface area contributed by atoms with Gasteiger partial charge in [0.1, 0.15) is 6.33 Å². The molecule has 108 valence electrons. The Morgan fingerprint density at radius 2 is 2.19 bits per heavy atom. The smallest absolute Gasteiger partial charge is 0.143 e. The van der Waals surface area contributed by atoms with Gasteiger partial charge in [-0.2, -0.15) is 0 Å². The monoisotopic (exact) mass is 282 g/mol. The Bertz CT molecular complexity index is 607. The van der Waals surface area contributed by atoms with Crippen LogP contribution in [-0.2, 0) is 0 Å². The average molecular weight is 282 g/mol. The molecule has 1 aliphatic heterocycles. The third kappa shape index (κ3) is 3.38. The van der Waals surface area contributed by atoms with E-state index in [-0.39, 0.29) is 0 Å². The molecule has 0 spiro atoms. The van der Waals surface area contributed by atoms with Gasteiger partial charge in [-0.15, -0.1) is 11.5 Å². The lowest BCUT2D eigenvalue weighted by atomic mass is 10.0. The number of aromatic nitrogens is 4. The Kier molecular flexibility index (Phi) is 4.12.